The van der Waals surface area contributed by atoms with Gasteiger partial charge >= 0.3 is 0 Å². The van der Waals surface area contributed by atoms with Crippen LogP contribution in [-0.4, -0.2) is 23.5 Å². The van der Waals surface area contributed by atoms with Crippen molar-refractivity contribution in [1.82, 2.24) is 4.57 Å². The molecule has 5 heteroatoms. The van der Waals surface area contributed by atoms with Gasteiger partial charge in [0.2, 0.25) is 0 Å². The van der Waals surface area contributed by atoms with Crippen LogP contribution in [0.5, 0.6) is 0 Å². The molecule has 1 aliphatic carbocycles. The highest BCUT2D eigenvalue weighted by Gasteiger charge is 2.47. The minimum absolute atomic E-state index is 0.0412. The lowest BCUT2D eigenvalue weighted by Gasteiger charge is -2.26. The van der Waals surface area contributed by atoms with Crippen molar-refractivity contribution in [2.24, 2.45) is 7.05 Å². The third-order valence-electron chi connectivity index (χ3n) is 6.57. The zero-order valence-electron chi connectivity index (χ0n) is 19.8. The average molecular weight is 489 g/mol. The first-order valence-corrected chi connectivity index (χ1v) is 16.2. The van der Waals surface area contributed by atoms with E-state index in [0.29, 0.717) is 0 Å². The minimum atomic E-state index is -2.57. The summed E-state index contributed by atoms with van der Waals surface area (Å²) in [6, 6.07) is 18.3. The van der Waals surface area contributed by atoms with Gasteiger partial charge in [-0.1, -0.05) is 68.1 Å². The average Bonchev–Trinajstić information content (AvgIpc) is 3.23. The largest absolute Gasteiger partial charge is 0.376 e. The van der Waals surface area contributed by atoms with E-state index in [1.165, 1.54) is 52.5 Å². The van der Waals surface area contributed by atoms with Crippen molar-refractivity contribution >= 4 is 39.8 Å². The second-order valence-electron chi connectivity index (χ2n) is 10.1. The van der Waals surface area contributed by atoms with Crippen LogP contribution in [0, 0.1) is 0 Å². The number of aryl methyl sites for hydroxylation is 1. The van der Waals surface area contributed by atoms with Gasteiger partial charge in [-0.2, -0.15) is 0 Å². The predicted octanol–water partition coefficient (Wildman–Crippen LogP) is 8.52. The van der Waals surface area contributed by atoms with Crippen LogP contribution in [-0.2, 0) is 11.8 Å². The summed E-state index contributed by atoms with van der Waals surface area (Å²) < 4.78 is 8.14. The number of fused-ring (bicyclic) bond motifs is 5. The minimum Gasteiger partial charge on any atom is -0.376 e. The zero-order valence-corrected chi connectivity index (χ0v) is 22.3. The molecule has 2 aromatic carbocycles. The third kappa shape index (κ3) is 4.82. The molecule has 0 radical (unpaired) electrons. The first kappa shape index (κ1) is 23.9. The Hall–Kier alpha value is -1.26. The topological polar surface area (TPSA) is 14.2 Å². The zero-order chi connectivity index (χ0) is 22.9. The van der Waals surface area contributed by atoms with E-state index in [2.05, 4.69) is 80.9 Å². The number of benzene rings is 2. The van der Waals surface area contributed by atoms with Crippen LogP contribution in [0.3, 0.4) is 0 Å². The van der Waals surface area contributed by atoms with Gasteiger partial charge in [0.1, 0.15) is 0 Å². The van der Waals surface area contributed by atoms with Gasteiger partial charge in [0.05, 0.1) is 11.3 Å². The molecule has 0 fully saturated rings. The molecule has 0 saturated heterocycles. The molecule has 1 unspecified atom stereocenters. The van der Waals surface area contributed by atoms with Gasteiger partial charge in [0.15, 0.2) is 0 Å². The van der Waals surface area contributed by atoms with E-state index in [-0.39, 0.29) is 11.1 Å². The van der Waals surface area contributed by atoms with Crippen LogP contribution in [0.25, 0.3) is 22.2 Å². The van der Waals surface area contributed by atoms with Crippen LogP contribution in [0.2, 0.25) is 6.04 Å². The van der Waals surface area contributed by atoms with Gasteiger partial charge in [0.25, 0.3) is 6.69 Å². The van der Waals surface area contributed by atoms with E-state index in [1.807, 2.05) is 0 Å². The Morgan fingerprint density at radius 3 is 2.34 bits per heavy atom. The van der Waals surface area contributed by atoms with E-state index in [9.17, 15) is 0 Å². The molecule has 0 spiro atoms. The summed E-state index contributed by atoms with van der Waals surface area (Å²) in [6.45, 7) is 4.61. The molecule has 172 valence electrons. The molecule has 1 atom stereocenters. The second kappa shape index (κ2) is 9.54. The monoisotopic (exact) mass is 487 g/mol. The quantitative estimate of drug-likeness (QED) is 0.167. The number of hydrogen-bond donors (Lipinski definition) is 0. The number of ether oxygens (including phenoxy) is 1. The predicted molar refractivity (Wildman–Crippen MR) is 141 cm³/mol. The number of halogens is 2. The lowest BCUT2D eigenvalue weighted by molar-refractivity contribution is -0.00474. The highest BCUT2D eigenvalue weighted by molar-refractivity contribution is 7.46. The van der Waals surface area contributed by atoms with E-state index in [1.54, 1.807) is 0 Å². The number of nitrogens with zero attached hydrogens (tertiary/aromatic N) is 1. The van der Waals surface area contributed by atoms with Gasteiger partial charge in [-0.25, -0.2) is 0 Å². The van der Waals surface area contributed by atoms with E-state index in [0.717, 1.165) is 25.5 Å². The Labute approximate surface area is 203 Å². The first-order chi connectivity index (χ1) is 15.2. The molecule has 1 aromatic heterocycles. The van der Waals surface area contributed by atoms with Crippen molar-refractivity contribution in [3.8, 4) is 11.3 Å². The summed E-state index contributed by atoms with van der Waals surface area (Å²) in [7, 11) is 2.16. The van der Waals surface area contributed by atoms with Crippen LogP contribution < -0.4 is 0 Å². The Kier molecular flexibility index (Phi) is 7.12. The fourth-order valence-electron chi connectivity index (χ4n) is 5.11. The number of rotatable bonds is 9. The highest BCUT2D eigenvalue weighted by Crippen LogP contribution is 2.55. The highest BCUT2D eigenvalue weighted by atomic mass is 35.7. The van der Waals surface area contributed by atoms with E-state index >= 15 is 0 Å². The second-order valence-corrected chi connectivity index (χ2v) is 17.3. The van der Waals surface area contributed by atoms with E-state index in [4.69, 9.17) is 26.9 Å². The van der Waals surface area contributed by atoms with Gasteiger partial charge in [-0.05, 0) is 50.4 Å². The summed E-state index contributed by atoms with van der Waals surface area (Å²) in [5, 5.41) is 1.29. The fourth-order valence-corrected chi connectivity index (χ4v) is 9.71. The summed E-state index contributed by atoms with van der Waals surface area (Å²) in [4.78, 5) is 0. The van der Waals surface area contributed by atoms with Gasteiger partial charge < -0.3 is 9.30 Å². The van der Waals surface area contributed by atoms with Crippen molar-refractivity contribution in [2.75, 3.05) is 6.61 Å². The maximum atomic E-state index is 7.30. The Morgan fingerprint density at radius 2 is 1.56 bits per heavy atom. The molecule has 0 aliphatic heterocycles. The number of unbranched alkanes of at least 4 members (excludes halogenated alkanes) is 4. The van der Waals surface area contributed by atoms with E-state index < -0.39 is 6.69 Å². The lowest BCUT2D eigenvalue weighted by Crippen LogP contribution is -2.29. The van der Waals surface area contributed by atoms with Gasteiger partial charge in [-0.15, -0.1) is 22.2 Å². The smallest absolute Gasteiger partial charge is 0.262 e. The molecule has 3 aromatic rings. The maximum absolute atomic E-state index is 7.30. The Balaban J connectivity index is 1.46. The normalized spacial score (nSPS) is 15.9. The van der Waals surface area contributed by atoms with Crippen LogP contribution in [0.15, 0.2) is 48.5 Å². The molecule has 0 saturated carbocycles. The summed E-state index contributed by atoms with van der Waals surface area (Å²) in [6.07, 6.45) is 5.82. The Bertz CT molecular complexity index is 1080. The molecule has 0 amide bonds. The number of para-hydroxylation sites is 1. The molecule has 0 bridgehead atoms. The number of hydrogen-bond acceptors (Lipinski definition) is 1. The fraction of sp³-hybridized carbons (Fsp3) is 0.481. The molecule has 32 heavy (non-hydrogen) atoms. The van der Waals surface area contributed by atoms with Gasteiger partial charge in [-0.3, -0.25) is 0 Å². The summed E-state index contributed by atoms with van der Waals surface area (Å²) in [5.74, 6) is 0. The van der Waals surface area contributed by atoms with Crippen molar-refractivity contribution in [1.29, 1.82) is 0 Å². The SMILES string of the molecule is Cn1c2c(c3ccccc31)C([Si](Cl)(Cl)CCCCCCCOC(C)(C)C)c1ccccc1-2. The molecular formula is C27H35Cl2NOSi. The van der Waals surface area contributed by atoms with Crippen molar-refractivity contribution < 1.29 is 4.74 Å². The maximum Gasteiger partial charge on any atom is 0.262 e. The molecule has 4 rings (SSSR count). The third-order valence-corrected chi connectivity index (χ3v) is 11.5. The van der Waals surface area contributed by atoms with Gasteiger partial charge in [0, 0.05) is 35.7 Å². The van der Waals surface area contributed by atoms with Crippen molar-refractivity contribution in [2.45, 2.75) is 70.1 Å². The molecular weight excluding hydrogens is 453 g/mol. The molecule has 2 nitrogen and oxygen atoms in total. The van der Waals surface area contributed by atoms with Crippen molar-refractivity contribution in [3.05, 3.63) is 59.7 Å². The van der Waals surface area contributed by atoms with Crippen LogP contribution >= 0.6 is 22.2 Å². The summed E-state index contributed by atoms with van der Waals surface area (Å²) in [5.41, 5.74) is 6.60. The van der Waals surface area contributed by atoms with Crippen LogP contribution in [0.1, 0.15) is 69.5 Å². The molecule has 1 heterocycles. The number of aromatic nitrogens is 1. The summed E-state index contributed by atoms with van der Waals surface area (Å²) >= 11 is 14.6. The first-order valence-electron chi connectivity index (χ1n) is 11.9. The Morgan fingerprint density at radius 1 is 0.906 bits per heavy atom. The molecule has 1 aliphatic rings. The molecule has 0 N–H and O–H groups in total. The lowest BCUT2D eigenvalue weighted by atomic mass is 10.1. The van der Waals surface area contributed by atoms with Crippen LogP contribution in [0.4, 0.5) is 0 Å². The standard InChI is InChI=1S/C27H35Cl2NOSi/c1-27(2,3)31-18-12-6-5-7-13-19-32(28,29)26-21-15-9-8-14-20(21)25-24(26)22-16-10-11-17-23(22)30(25)4/h8-11,14-17,26H,5-7,12-13,18-19H2,1-4H3. The van der Waals surface area contributed by atoms with Crippen molar-refractivity contribution in [3.63, 3.8) is 0 Å².